The molecular weight excluding hydrogens is 383 g/mol. The van der Waals surface area contributed by atoms with Crippen molar-refractivity contribution in [3.63, 3.8) is 0 Å². The number of carbonyl (C=O) groups excluding carboxylic acids is 1. The van der Waals surface area contributed by atoms with E-state index in [4.69, 9.17) is 4.74 Å². The van der Waals surface area contributed by atoms with Gasteiger partial charge in [0.05, 0.1) is 24.8 Å². The van der Waals surface area contributed by atoms with Crippen LogP contribution in [0.3, 0.4) is 0 Å². The monoisotopic (exact) mass is 400 g/mol. The smallest absolute Gasteiger partial charge is 0.254 e. The van der Waals surface area contributed by atoms with Gasteiger partial charge in [0.25, 0.3) is 5.91 Å². The SMILES string of the molecule is O=C(NC[C@H](c1ccc(F)cc1)N1CCOCC1)c1cc(F)c(F)c(F)c1F. The van der Waals surface area contributed by atoms with Crippen molar-refractivity contribution in [1.82, 2.24) is 10.2 Å². The van der Waals surface area contributed by atoms with Crippen LogP contribution in [-0.2, 0) is 4.74 Å². The van der Waals surface area contributed by atoms with Crippen LogP contribution in [0, 0.1) is 29.1 Å². The van der Waals surface area contributed by atoms with Crippen LogP contribution in [0.1, 0.15) is 22.0 Å². The Balaban J connectivity index is 1.80. The van der Waals surface area contributed by atoms with Crippen molar-refractivity contribution in [2.75, 3.05) is 32.8 Å². The van der Waals surface area contributed by atoms with Crippen molar-refractivity contribution in [2.45, 2.75) is 6.04 Å². The zero-order valence-electron chi connectivity index (χ0n) is 14.7. The molecule has 1 fully saturated rings. The zero-order valence-corrected chi connectivity index (χ0v) is 14.7. The summed E-state index contributed by atoms with van der Waals surface area (Å²) in [6.07, 6.45) is 0. The van der Waals surface area contributed by atoms with E-state index in [1.165, 1.54) is 12.1 Å². The lowest BCUT2D eigenvalue weighted by Crippen LogP contribution is -2.44. The Morgan fingerprint density at radius 2 is 1.64 bits per heavy atom. The summed E-state index contributed by atoms with van der Waals surface area (Å²) in [6, 6.07) is 5.57. The second-order valence-corrected chi connectivity index (χ2v) is 6.27. The van der Waals surface area contributed by atoms with Crippen LogP contribution >= 0.6 is 0 Å². The largest absolute Gasteiger partial charge is 0.379 e. The number of carbonyl (C=O) groups is 1. The van der Waals surface area contributed by atoms with E-state index >= 15 is 0 Å². The third-order valence-corrected chi connectivity index (χ3v) is 4.54. The van der Waals surface area contributed by atoms with Gasteiger partial charge in [-0.15, -0.1) is 0 Å². The molecule has 0 aromatic heterocycles. The van der Waals surface area contributed by atoms with E-state index in [1.54, 1.807) is 12.1 Å². The van der Waals surface area contributed by atoms with Crippen LogP contribution in [0.15, 0.2) is 30.3 Å². The summed E-state index contributed by atoms with van der Waals surface area (Å²) in [5.41, 5.74) is -0.239. The molecule has 1 heterocycles. The highest BCUT2D eigenvalue weighted by Gasteiger charge is 2.26. The lowest BCUT2D eigenvalue weighted by Gasteiger charge is -2.35. The number of ether oxygens (including phenoxy) is 1. The molecule has 0 bridgehead atoms. The fourth-order valence-electron chi connectivity index (χ4n) is 3.05. The fourth-order valence-corrected chi connectivity index (χ4v) is 3.05. The van der Waals surface area contributed by atoms with Gasteiger partial charge in [0.15, 0.2) is 23.3 Å². The molecule has 1 saturated heterocycles. The molecule has 150 valence electrons. The Morgan fingerprint density at radius 1 is 1.00 bits per heavy atom. The molecule has 0 aliphatic carbocycles. The van der Waals surface area contributed by atoms with Crippen LogP contribution in [0.2, 0.25) is 0 Å². The molecule has 1 atom stereocenters. The number of morpholine rings is 1. The molecule has 3 rings (SSSR count). The first-order valence-corrected chi connectivity index (χ1v) is 8.57. The van der Waals surface area contributed by atoms with Gasteiger partial charge in [-0.05, 0) is 23.8 Å². The highest BCUT2D eigenvalue weighted by Crippen LogP contribution is 2.23. The van der Waals surface area contributed by atoms with E-state index in [9.17, 15) is 26.7 Å². The minimum absolute atomic E-state index is 0.0372. The van der Waals surface area contributed by atoms with Crippen molar-refractivity contribution in [1.29, 1.82) is 0 Å². The molecule has 9 heteroatoms. The summed E-state index contributed by atoms with van der Waals surface area (Å²) in [4.78, 5) is 14.2. The third kappa shape index (κ3) is 4.31. The summed E-state index contributed by atoms with van der Waals surface area (Å²) in [6.45, 7) is 1.99. The van der Waals surface area contributed by atoms with Crippen LogP contribution in [-0.4, -0.2) is 43.7 Å². The van der Waals surface area contributed by atoms with Crippen LogP contribution in [0.5, 0.6) is 0 Å². The summed E-state index contributed by atoms with van der Waals surface area (Å²) in [5.74, 6) is -8.96. The van der Waals surface area contributed by atoms with Crippen molar-refractivity contribution in [3.05, 3.63) is 70.5 Å². The summed E-state index contributed by atoms with van der Waals surface area (Å²) < 4.78 is 72.2. The van der Waals surface area contributed by atoms with Crippen LogP contribution in [0.4, 0.5) is 22.0 Å². The molecule has 0 unspecified atom stereocenters. The zero-order chi connectivity index (χ0) is 20.3. The van der Waals surface area contributed by atoms with Gasteiger partial charge in [0, 0.05) is 19.6 Å². The number of hydrogen-bond acceptors (Lipinski definition) is 3. The van der Waals surface area contributed by atoms with E-state index in [1.807, 2.05) is 4.90 Å². The first-order chi connectivity index (χ1) is 13.4. The predicted octanol–water partition coefficient (Wildman–Crippen LogP) is 3.19. The second kappa shape index (κ2) is 8.66. The van der Waals surface area contributed by atoms with E-state index < -0.39 is 46.6 Å². The summed E-state index contributed by atoms with van der Waals surface area (Å²) in [5, 5.41) is 2.41. The number of benzene rings is 2. The van der Waals surface area contributed by atoms with Gasteiger partial charge in [0.1, 0.15) is 5.82 Å². The average molecular weight is 400 g/mol. The van der Waals surface area contributed by atoms with Crippen molar-refractivity contribution < 1.29 is 31.5 Å². The van der Waals surface area contributed by atoms with Crippen molar-refractivity contribution >= 4 is 5.91 Å². The summed E-state index contributed by atoms with van der Waals surface area (Å²) >= 11 is 0. The Kier molecular flexibility index (Phi) is 6.25. The highest BCUT2D eigenvalue weighted by molar-refractivity contribution is 5.94. The van der Waals surface area contributed by atoms with Gasteiger partial charge in [-0.1, -0.05) is 12.1 Å². The highest BCUT2D eigenvalue weighted by atomic mass is 19.2. The van der Waals surface area contributed by atoms with E-state index in [-0.39, 0.29) is 6.54 Å². The Morgan fingerprint density at radius 3 is 2.29 bits per heavy atom. The lowest BCUT2D eigenvalue weighted by molar-refractivity contribution is 0.0162. The van der Waals surface area contributed by atoms with Crippen molar-refractivity contribution in [3.8, 4) is 0 Å². The van der Waals surface area contributed by atoms with E-state index in [2.05, 4.69) is 5.32 Å². The third-order valence-electron chi connectivity index (χ3n) is 4.54. The molecule has 1 amide bonds. The van der Waals surface area contributed by atoms with Gasteiger partial charge in [-0.3, -0.25) is 9.69 Å². The van der Waals surface area contributed by atoms with E-state index in [0.717, 1.165) is 0 Å². The number of amides is 1. The van der Waals surface area contributed by atoms with Crippen molar-refractivity contribution in [2.24, 2.45) is 0 Å². The predicted molar refractivity (Wildman–Crippen MR) is 90.1 cm³/mol. The maximum Gasteiger partial charge on any atom is 0.254 e. The number of nitrogens with zero attached hydrogens (tertiary/aromatic N) is 1. The molecule has 28 heavy (non-hydrogen) atoms. The maximum atomic E-state index is 13.8. The molecule has 4 nitrogen and oxygen atoms in total. The standard InChI is InChI=1S/C19H17F5N2O2/c20-12-3-1-11(2-4-12)15(26-5-7-28-8-6-26)10-25-19(27)13-9-14(21)17(23)18(24)16(13)22/h1-4,9,15H,5-8,10H2,(H,25,27)/t15-/m1/s1. The molecule has 2 aromatic carbocycles. The second-order valence-electron chi connectivity index (χ2n) is 6.27. The van der Waals surface area contributed by atoms with Gasteiger partial charge in [0.2, 0.25) is 0 Å². The quantitative estimate of drug-likeness (QED) is 0.476. The molecule has 0 radical (unpaired) electrons. The average Bonchev–Trinajstić information content (AvgIpc) is 2.71. The minimum Gasteiger partial charge on any atom is -0.379 e. The minimum atomic E-state index is -2.05. The van der Waals surface area contributed by atoms with Crippen LogP contribution in [0.25, 0.3) is 0 Å². The van der Waals surface area contributed by atoms with Crippen LogP contribution < -0.4 is 5.32 Å². The molecule has 2 aromatic rings. The summed E-state index contributed by atoms with van der Waals surface area (Å²) in [7, 11) is 0. The molecule has 0 spiro atoms. The number of hydrogen-bond donors (Lipinski definition) is 1. The first-order valence-electron chi connectivity index (χ1n) is 8.57. The molecule has 1 aliphatic rings. The van der Waals surface area contributed by atoms with Gasteiger partial charge in [-0.25, -0.2) is 22.0 Å². The Bertz CT molecular complexity index is 854. The van der Waals surface area contributed by atoms with E-state index in [0.29, 0.717) is 37.9 Å². The Hall–Kier alpha value is -2.52. The van der Waals surface area contributed by atoms with Gasteiger partial charge in [-0.2, -0.15) is 0 Å². The Labute approximate surface area is 157 Å². The van der Waals surface area contributed by atoms with Gasteiger partial charge >= 0.3 is 0 Å². The molecule has 1 N–H and O–H groups in total. The fraction of sp³-hybridized carbons (Fsp3) is 0.316. The van der Waals surface area contributed by atoms with Gasteiger partial charge < -0.3 is 10.1 Å². The normalized spacial score (nSPS) is 16.0. The topological polar surface area (TPSA) is 41.6 Å². The molecular formula is C19H17F5N2O2. The number of rotatable bonds is 5. The molecule has 1 aliphatic heterocycles. The number of nitrogens with one attached hydrogen (secondary N) is 1. The number of halogens is 5. The maximum absolute atomic E-state index is 13.8. The first kappa shape index (κ1) is 20.2. The molecule has 0 saturated carbocycles. The lowest BCUT2D eigenvalue weighted by atomic mass is 10.0.